The molecule has 2 fully saturated rings. The van der Waals surface area contributed by atoms with Crippen LogP contribution in [0, 0.1) is 5.92 Å². The molecule has 0 bridgehead atoms. The van der Waals surface area contributed by atoms with Crippen LogP contribution in [0.5, 0.6) is 5.75 Å². The summed E-state index contributed by atoms with van der Waals surface area (Å²) in [6.07, 6.45) is -12.0. The van der Waals surface area contributed by atoms with Gasteiger partial charge in [-0.05, 0) is 24.3 Å². The number of carbonyl (C=O) groups is 2. The van der Waals surface area contributed by atoms with Crippen molar-refractivity contribution < 1.29 is 53.8 Å². The van der Waals surface area contributed by atoms with E-state index in [1.165, 1.54) is 0 Å². The van der Waals surface area contributed by atoms with Gasteiger partial charge in [0.1, 0.15) is 29.7 Å². The molecule has 0 radical (unpaired) electrons. The predicted octanol–water partition coefficient (Wildman–Crippen LogP) is 3.83. The number of fused-ring (bicyclic) bond motifs is 1. The second-order valence-electron chi connectivity index (χ2n) is 9.46. The van der Waals surface area contributed by atoms with Gasteiger partial charge >= 0.3 is 12.5 Å². The molecule has 1 aliphatic heterocycles. The summed E-state index contributed by atoms with van der Waals surface area (Å²) in [7, 11) is 0. The zero-order valence-electron chi connectivity index (χ0n) is 20.2. The van der Waals surface area contributed by atoms with Crippen molar-refractivity contribution in [3.05, 3.63) is 41.7 Å². The van der Waals surface area contributed by atoms with Crippen molar-refractivity contribution in [2.24, 2.45) is 5.92 Å². The van der Waals surface area contributed by atoms with Crippen molar-refractivity contribution >= 4 is 23.1 Å². The number of hydrogen-bond donors (Lipinski definition) is 2. The number of halogens is 9. The average Bonchev–Trinajstić information content (AvgIpc) is 3.15. The summed E-state index contributed by atoms with van der Waals surface area (Å²) in [5, 5.41) is 5.84. The van der Waals surface area contributed by atoms with Gasteiger partial charge in [-0.15, -0.1) is 13.2 Å². The standard InChI is InChI=1S/C23H17F9N6O3/c24-13-6-37(20(40)12-5-21(12,25)26)7-14(13)36-19(39)10-3-9(1-2-16(10)41-23(30,31)32)15-4-11(22(27,28)29)17-18(33)34-8-35-38(15)17/h1-4,8,12-14H,5-7H2,(H,36,39)(H2,33,34,35)/t12?,13-,14+/m0/s1. The maximum absolute atomic E-state index is 14.7. The van der Waals surface area contributed by atoms with Gasteiger partial charge in [0, 0.05) is 18.5 Å². The molecular formula is C23H17F9N6O3. The number of nitrogens with zero attached hydrogens (tertiary/aromatic N) is 4. The summed E-state index contributed by atoms with van der Waals surface area (Å²) >= 11 is 0. The lowest BCUT2D eigenvalue weighted by molar-refractivity contribution is -0.274. The lowest BCUT2D eigenvalue weighted by Crippen LogP contribution is -2.42. The number of carbonyl (C=O) groups excluding carboxylic acids is 2. The number of ether oxygens (including phenoxy) is 1. The second-order valence-corrected chi connectivity index (χ2v) is 9.46. The van der Waals surface area contributed by atoms with Gasteiger partial charge in [-0.1, -0.05) is 0 Å². The number of amides is 2. The number of alkyl halides is 9. The van der Waals surface area contributed by atoms with E-state index in [4.69, 9.17) is 5.73 Å². The van der Waals surface area contributed by atoms with Gasteiger partial charge in [-0.25, -0.2) is 22.7 Å². The monoisotopic (exact) mass is 596 g/mol. The van der Waals surface area contributed by atoms with Crippen LogP contribution in [0.1, 0.15) is 22.3 Å². The summed E-state index contributed by atoms with van der Waals surface area (Å²) in [4.78, 5) is 29.6. The highest BCUT2D eigenvalue weighted by molar-refractivity contribution is 5.98. The van der Waals surface area contributed by atoms with Gasteiger partial charge in [0.15, 0.2) is 5.82 Å². The van der Waals surface area contributed by atoms with E-state index in [2.05, 4.69) is 20.1 Å². The lowest BCUT2D eigenvalue weighted by Gasteiger charge is -2.18. The van der Waals surface area contributed by atoms with E-state index in [0.717, 1.165) is 27.9 Å². The van der Waals surface area contributed by atoms with Crippen molar-refractivity contribution in [2.75, 3.05) is 18.8 Å². The van der Waals surface area contributed by atoms with Crippen LogP contribution in [-0.4, -0.2) is 68.9 Å². The van der Waals surface area contributed by atoms with E-state index >= 15 is 0 Å². The van der Waals surface area contributed by atoms with Crippen LogP contribution in [0.3, 0.4) is 0 Å². The Kier molecular flexibility index (Phi) is 6.49. The van der Waals surface area contributed by atoms with Crippen LogP contribution in [0.4, 0.5) is 45.3 Å². The van der Waals surface area contributed by atoms with Crippen LogP contribution in [0.15, 0.2) is 30.6 Å². The highest BCUT2D eigenvalue weighted by atomic mass is 19.4. The van der Waals surface area contributed by atoms with Gasteiger partial charge in [-0.3, -0.25) is 9.59 Å². The molecule has 2 amide bonds. The van der Waals surface area contributed by atoms with Crippen LogP contribution in [-0.2, 0) is 11.0 Å². The zero-order chi connectivity index (χ0) is 30.1. The number of rotatable bonds is 5. The smallest absolute Gasteiger partial charge is 0.405 e. The van der Waals surface area contributed by atoms with E-state index in [0.29, 0.717) is 12.1 Å². The van der Waals surface area contributed by atoms with Crippen molar-refractivity contribution in [3.63, 3.8) is 0 Å². The number of hydrogen-bond acceptors (Lipinski definition) is 6. The molecule has 2 aromatic heterocycles. The molecule has 41 heavy (non-hydrogen) atoms. The van der Waals surface area contributed by atoms with E-state index in [9.17, 15) is 49.1 Å². The van der Waals surface area contributed by atoms with Gasteiger partial charge < -0.3 is 20.7 Å². The van der Waals surface area contributed by atoms with Gasteiger partial charge in [0.25, 0.3) is 11.8 Å². The lowest BCUT2D eigenvalue weighted by atomic mass is 10.1. The molecule has 3 heterocycles. The minimum absolute atomic E-state index is 0.232. The molecule has 3 atom stereocenters. The normalized spacial score (nSPS) is 22.2. The highest BCUT2D eigenvalue weighted by Gasteiger charge is 2.63. The summed E-state index contributed by atoms with van der Waals surface area (Å²) in [5.74, 6) is -8.83. The SMILES string of the molecule is Nc1ncnn2c(-c3ccc(OC(F)(F)F)c(C(=O)N[C@@H]4CN(C(=O)C5CC5(F)F)C[C@@H]4F)c3)cc(C(F)(F)F)c12. The Morgan fingerprint density at radius 1 is 1.10 bits per heavy atom. The third-order valence-corrected chi connectivity index (χ3v) is 6.63. The fraction of sp³-hybridized carbons (Fsp3) is 0.391. The first-order valence-corrected chi connectivity index (χ1v) is 11.7. The summed E-state index contributed by atoms with van der Waals surface area (Å²) in [6.45, 7) is -1.18. The third-order valence-electron chi connectivity index (χ3n) is 6.63. The second kappa shape index (κ2) is 9.41. The maximum atomic E-state index is 14.7. The molecule has 220 valence electrons. The van der Waals surface area contributed by atoms with Gasteiger partial charge in [0.2, 0.25) is 5.91 Å². The molecule has 18 heteroatoms. The Morgan fingerprint density at radius 3 is 2.39 bits per heavy atom. The van der Waals surface area contributed by atoms with Crippen molar-refractivity contribution in [3.8, 4) is 17.0 Å². The van der Waals surface area contributed by atoms with Crippen molar-refractivity contribution in [1.82, 2.24) is 24.8 Å². The van der Waals surface area contributed by atoms with Crippen LogP contribution in [0.25, 0.3) is 16.8 Å². The predicted molar refractivity (Wildman–Crippen MR) is 120 cm³/mol. The first-order chi connectivity index (χ1) is 19.0. The molecule has 0 spiro atoms. The largest absolute Gasteiger partial charge is 0.573 e. The highest BCUT2D eigenvalue weighted by Crippen LogP contribution is 2.50. The maximum Gasteiger partial charge on any atom is 0.573 e. The number of nitrogens with one attached hydrogen (secondary N) is 1. The summed E-state index contributed by atoms with van der Waals surface area (Å²) in [6, 6.07) is 1.49. The van der Waals surface area contributed by atoms with E-state index in [1.54, 1.807) is 0 Å². The Labute approximate surface area is 223 Å². The minimum atomic E-state index is -5.29. The number of likely N-dealkylation sites (tertiary alicyclic amines) is 1. The fourth-order valence-electron chi connectivity index (χ4n) is 4.60. The molecule has 1 aromatic carbocycles. The summed E-state index contributed by atoms with van der Waals surface area (Å²) < 4.78 is 126. The molecule has 1 saturated heterocycles. The number of nitrogens with two attached hydrogens (primary N) is 1. The van der Waals surface area contributed by atoms with Crippen molar-refractivity contribution in [2.45, 2.75) is 37.1 Å². The summed E-state index contributed by atoms with van der Waals surface area (Å²) in [5.41, 5.74) is 2.28. The molecule has 3 N–H and O–H groups in total. The molecular weight excluding hydrogens is 579 g/mol. The molecule has 1 saturated carbocycles. The third kappa shape index (κ3) is 5.41. The Hall–Kier alpha value is -4.25. The average molecular weight is 596 g/mol. The fourth-order valence-corrected chi connectivity index (χ4v) is 4.60. The van der Waals surface area contributed by atoms with E-state index < -0.39 is 96.1 Å². The molecule has 3 aromatic rings. The zero-order valence-corrected chi connectivity index (χ0v) is 20.2. The Morgan fingerprint density at radius 2 is 1.78 bits per heavy atom. The topological polar surface area (TPSA) is 115 Å². The van der Waals surface area contributed by atoms with E-state index in [1.807, 2.05) is 0 Å². The molecule has 2 aliphatic rings. The van der Waals surface area contributed by atoms with Crippen molar-refractivity contribution in [1.29, 1.82) is 0 Å². The number of benzene rings is 1. The molecule has 9 nitrogen and oxygen atoms in total. The number of aromatic nitrogens is 3. The molecule has 1 unspecified atom stereocenters. The minimum Gasteiger partial charge on any atom is -0.405 e. The Bertz CT molecular complexity index is 1540. The van der Waals surface area contributed by atoms with Crippen LogP contribution in [0.2, 0.25) is 0 Å². The molecule has 5 rings (SSSR count). The van der Waals surface area contributed by atoms with Gasteiger partial charge in [0.05, 0.1) is 29.4 Å². The first-order valence-electron chi connectivity index (χ1n) is 11.7. The number of anilines is 1. The van der Waals surface area contributed by atoms with Gasteiger partial charge in [-0.2, -0.15) is 18.3 Å². The first kappa shape index (κ1) is 28.3. The van der Waals surface area contributed by atoms with Crippen LogP contribution >= 0.6 is 0 Å². The van der Waals surface area contributed by atoms with E-state index in [-0.39, 0.29) is 11.3 Å². The van der Waals surface area contributed by atoms with Crippen LogP contribution < -0.4 is 15.8 Å². The Balaban J connectivity index is 1.49. The number of nitrogen functional groups attached to an aromatic ring is 1. The quantitative estimate of drug-likeness (QED) is 0.433. The molecule has 1 aliphatic carbocycles.